The number of hydrogen-bond acceptors (Lipinski definition) is 6. The van der Waals surface area contributed by atoms with Crippen LogP contribution in [0.4, 0.5) is 0 Å². The lowest BCUT2D eigenvalue weighted by Gasteiger charge is -2.42. The first kappa shape index (κ1) is 32.6. The summed E-state index contributed by atoms with van der Waals surface area (Å²) in [5.74, 6) is 1.14. The molecular formula is C33H44IN5O2SSi. The monoisotopic (exact) mass is 729 g/mol. The van der Waals surface area contributed by atoms with Crippen LogP contribution < -0.4 is 4.72 Å². The number of halogens is 1. The van der Waals surface area contributed by atoms with Crippen LogP contribution in [0.3, 0.4) is 0 Å². The minimum Gasteiger partial charge on any atom is -0.598 e. The highest BCUT2D eigenvalue weighted by Crippen LogP contribution is 2.48. The zero-order valence-electron chi connectivity index (χ0n) is 26.6. The van der Waals surface area contributed by atoms with Crippen LogP contribution in [-0.4, -0.2) is 37.4 Å². The summed E-state index contributed by atoms with van der Waals surface area (Å²) < 4.78 is 24.2. The molecule has 43 heavy (non-hydrogen) atoms. The van der Waals surface area contributed by atoms with Crippen molar-refractivity contribution in [2.75, 3.05) is 0 Å². The summed E-state index contributed by atoms with van der Waals surface area (Å²) in [6.45, 7) is 17.8. The van der Waals surface area contributed by atoms with Gasteiger partial charge in [-0.3, -0.25) is 0 Å². The van der Waals surface area contributed by atoms with Crippen LogP contribution in [0.5, 0.6) is 0 Å². The Morgan fingerprint density at radius 1 is 1.02 bits per heavy atom. The molecule has 3 heterocycles. The third kappa shape index (κ3) is 6.89. The molecule has 1 N–H and O–H groups in total. The maximum Gasteiger partial charge on any atom is 0.192 e. The molecule has 1 aliphatic carbocycles. The fraction of sp³-hybridized carbons (Fsp3) is 0.485. The molecule has 0 saturated heterocycles. The lowest BCUT2D eigenvalue weighted by molar-refractivity contribution is 0.234. The zero-order chi connectivity index (χ0) is 31.2. The number of nitrogens with one attached hydrogen (secondary N) is 1. The standard InChI is InChI=1S/C33H44IN5O2SSi/c1-31(2,3)42(40)38-33(34,25-12-9-13-25)29-16-11-15-27(37-29)23-18-19-24-21-35-39(28(24)20-23)30-17-10-14-26(36-30)22-41-43(7,8)32(4,5)6/h10-11,14-21,25,38H,9,12-13,22H2,1-8H3/t33-,42?/m1/s1. The van der Waals surface area contributed by atoms with Crippen molar-refractivity contribution >= 4 is 53.2 Å². The molecule has 7 nitrogen and oxygen atoms in total. The van der Waals surface area contributed by atoms with Gasteiger partial charge < -0.3 is 8.98 Å². The van der Waals surface area contributed by atoms with Gasteiger partial charge in [0.2, 0.25) is 0 Å². The number of hydrogen-bond donors (Lipinski definition) is 1. The van der Waals surface area contributed by atoms with Crippen LogP contribution in [0, 0.1) is 5.92 Å². The minimum absolute atomic E-state index is 0.138. The predicted molar refractivity (Wildman–Crippen MR) is 188 cm³/mol. The highest BCUT2D eigenvalue weighted by Gasteiger charge is 2.47. The molecule has 1 saturated carbocycles. The summed E-state index contributed by atoms with van der Waals surface area (Å²) in [4.78, 5) is 10.1. The van der Waals surface area contributed by atoms with Crippen molar-refractivity contribution in [1.82, 2.24) is 24.5 Å². The number of rotatable bonds is 9. The molecule has 230 valence electrons. The van der Waals surface area contributed by atoms with Crippen molar-refractivity contribution in [3.63, 3.8) is 0 Å². The highest BCUT2D eigenvalue weighted by molar-refractivity contribution is 14.1. The van der Waals surface area contributed by atoms with Crippen LogP contribution in [-0.2, 0) is 25.9 Å². The van der Waals surface area contributed by atoms with E-state index in [-0.39, 0.29) is 9.79 Å². The lowest BCUT2D eigenvalue weighted by atomic mass is 9.78. The molecule has 10 heteroatoms. The van der Waals surface area contributed by atoms with E-state index in [1.54, 1.807) is 0 Å². The van der Waals surface area contributed by atoms with Gasteiger partial charge in [0.25, 0.3) is 0 Å². The first-order chi connectivity index (χ1) is 20.1. The number of nitrogens with zero attached hydrogens (tertiary/aromatic N) is 4. The van der Waals surface area contributed by atoms with Crippen LogP contribution in [0.1, 0.15) is 72.2 Å². The summed E-state index contributed by atoms with van der Waals surface area (Å²) in [7, 11) is -1.89. The second kappa shape index (κ2) is 12.2. The molecule has 0 aliphatic heterocycles. The third-order valence-corrected chi connectivity index (χ3v) is 17.0. The van der Waals surface area contributed by atoms with Crippen molar-refractivity contribution in [2.45, 2.75) is 93.8 Å². The van der Waals surface area contributed by atoms with E-state index >= 15 is 0 Å². The zero-order valence-corrected chi connectivity index (χ0v) is 30.5. The van der Waals surface area contributed by atoms with E-state index in [9.17, 15) is 4.55 Å². The SMILES string of the molecule is CC(C)(C)[S+]([O-])N[C@@](I)(c1cccc(-c2ccc3cnn(-c4cccc(CO[Si](C)(C)C(C)(C)C)n4)c3c2)n1)C1CCC1. The molecule has 1 aliphatic rings. The van der Waals surface area contributed by atoms with Crippen LogP contribution in [0.15, 0.2) is 60.8 Å². The normalized spacial score (nSPS) is 17.1. The summed E-state index contributed by atoms with van der Waals surface area (Å²) in [5.41, 5.74) is 4.65. The van der Waals surface area contributed by atoms with Crippen molar-refractivity contribution in [3.8, 4) is 17.1 Å². The average Bonchev–Trinajstić information content (AvgIpc) is 3.33. The van der Waals surface area contributed by atoms with E-state index in [4.69, 9.17) is 19.5 Å². The molecular weight excluding hydrogens is 685 g/mol. The van der Waals surface area contributed by atoms with E-state index in [1.807, 2.05) is 55.9 Å². The molecule has 2 atom stereocenters. The van der Waals surface area contributed by atoms with Gasteiger partial charge in [-0.15, -0.1) is 4.72 Å². The first-order valence-corrected chi connectivity index (χ1v) is 20.2. The number of benzene rings is 1. The summed E-state index contributed by atoms with van der Waals surface area (Å²) in [6.07, 6.45) is 5.27. The Hall–Kier alpha value is -1.83. The minimum atomic E-state index is -1.89. The smallest absolute Gasteiger partial charge is 0.192 e. The van der Waals surface area contributed by atoms with Gasteiger partial charge >= 0.3 is 0 Å². The molecule has 0 bridgehead atoms. The maximum atomic E-state index is 13.2. The molecule has 4 aromatic rings. The summed E-state index contributed by atoms with van der Waals surface area (Å²) in [5, 5.41) is 5.87. The van der Waals surface area contributed by atoms with E-state index in [0.29, 0.717) is 12.5 Å². The fourth-order valence-corrected chi connectivity index (χ4v) is 8.05. The summed E-state index contributed by atoms with van der Waals surface area (Å²) in [6, 6.07) is 18.5. The van der Waals surface area contributed by atoms with Crippen LogP contribution >= 0.6 is 22.6 Å². The van der Waals surface area contributed by atoms with Gasteiger partial charge in [-0.05, 0) is 111 Å². The van der Waals surface area contributed by atoms with Gasteiger partial charge in [0, 0.05) is 22.3 Å². The van der Waals surface area contributed by atoms with E-state index in [2.05, 4.69) is 91.5 Å². The molecule has 5 rings (SSSR count). The van der Waals surface area contributed by atoms with Gasteiger partial charge in [0.05, 0.1) is 35.4 Å². The molecule has 1 unspecified atom stereocenters. The molecule has 1 aromatic carbocycles. The first-order valence-electron chi connectivity index (χ1n) is 15.0. The number of aromatic nitrogens is 4. The second-order valence-corrected chi connectivity index (χ2v) is 22.6. The quantitative estimate of drug-likeness (QED) is 0.0612. The van der Waals surface area contributed by atoms with Crippen molar-refractivity contribution in [3.05, 3.63) is 72.2 Å². The topological polar surface area (TPSA) is 87.9 Å². The number of fused-ring (bicyclic) bond motifs is 1. The Labute approximate surface area is 274 Å². The molecule has 1 fully saturated rings. The Bertz CT molecular complexity index is 1590. The van der Waals surface area contributed by atoms with Gasteiger partial charge in [-0.25, -0.2) is 14.6 Å². The van der Waals surface area contributed by atoms with Gasteiger partial charge in [-0.1, -0.05) is 51.5 Å². The third-order valence-electron chi connectivity index (χ3n) is 8.85. The van der Waals surface area contributed by atoms with Crippen molar-refractivity contribution < 1.29 is 8.98 Å². The van der Waals surface area contributed by atoms with Crippen molar-refractivity contribution in [1.29, 1.82) is 0 Å². The number of pyridine rings is 2. The Morgan fingerprint density at radius 3 is 2.40 bits per heavy atom. The summed E-state index contributed by atoms with van der Waals surface area (Å²) >= 11 is 1.24. The van der Waals surface area contributed by atoms with E-state index in [0.717, 1.165) is 52.2 Å². The molecule has 0 spiro atoms. The maximum absolute atomic E-state index is 13.2. The largest absolute Gasteiger partial charge is 0.598 e. The average molecular weight is 730 g/mol. The molecule has 0 radical (unpaired) electrons. The van der Waals surface area contributed by atoms with Crippen LogP contribution in [0.2, 0.25) is 18.1 Å². The Morgan fingerprint density at radius 2 is 1.74 bits per heavy atom. The fourth-order valence-electron chi connectivity index (χ4n) is 4.73. The second-order valence-electron chi connectivity index (χ2n) is 14.1. The van der Waals surface area contributed by atoms with Gasteiger partial charge in [0.15, 0.2) is 17.7 Å². The van der Waals surface area contributed by atoms with Gasteiger partial charge in [-0.2, -0.15) is 5.10 Å². The predicted octanol–water partition coefficient (Wildman–Crippen LogP) is 8.44. The Kier molecular flexibility index (Phi) is 9.21. The molecule has 3 aromatic heterocycles. The highest BCUT2D eigenvalue weighted by atomic mass is 127. The lowest BCUT2D eigenvalue weighted by Crippen LogP contribution is -2.53. The van der Waals surface area contributed by atoms with E-state index < -0.39 is 23.2 Å². The molecule has 0 amide bonds. The van der Waals surface area contributed by atoms with E-state index in [1.165, 1.54) is 6.42 Å². The van der Waals surface area contributed by atoms with Crippen molar-refractivity contribution in [2.24, 2.45) is 5.92 Å². The van der Waals surface area contributed by atoms with Crippen LogP contribution in [0.25, 0.3) is 28.0 Å². The van der Waals surface area contributed by atoms with Gasteiger partial charge in [0.1, 0.15) is 4.75 Å². The Balaban J connectivity index is 1.46. The number of alkyl halides is 1.